The van der Waals surface area contributed by atoms with E-state index in [0.29, 0.717) is 24.6 Å². The number of nitrogens with zero attached hydrogens (tertiary/aromatic N) is 1. The second-order valence-corrected chi connectivity index (χ2v) is 9.77. The summed E-state index contributed by atoms with van der Waals surface area (Å²) in [7, 11) is 0. The molecule has 0 aliphatic rings. The minimum Gasteiger partial charge on any atom is -0.481 e. The summed E-state index contributed by atoms with van der Waals surface area (Å²) in [6.45, 7) is 5.47. The molecule has 1 unspecified atom stereocenters. The van der Waals surface area contributed by atoms with Gasteiger partial charge in [-0.05, 0) is 53.3 Å². The SMILES string of the molecule is CCCCC(CC)CN(Cc1ccc(C(=O)NCCC(=O)O)cc1)C(=O)Nc1ccc(-c2ccccc2)cc1. The van der Waals surface area contributed by atoms with Crippen molar-refractivity contribution >= 4 is 23.6 Å². The van der Waals surface area contributed by atoms with Crippen LogP contribution in [0.15, 0.2) is 78.9 Å². The number of rotatable bonds is 14. The highest BCUT2D eigenvalue weighted by Gasteiger charge is 2.19. The number of nitrogens with one attached hydrogen (secondary N) is 2. The topological polar surface area (TPSA) is 98.7 Å². The van der Waals surface area contributed by atoms with Crippen molar-refractivity contribution in [3.8, 4) is 11.1 Å². The van der Waals surface area contributed by atoms with Crippen molar-refractivity contribution in [2.24, 2.45) is 5.92 Å². The lowest BCUT2D eigenvalue weighted by Crippen LogP contribution is -2.38. The summed E-state index contributed by atoms with van der Waals surface area (Å²) in [5.74, 6) is -0.877. The molecule has 3 aromatic carbocycles. The molecule has 7 nitrogen and oxygen atoms in total. The number of unbranched alkanes of at least 4 members (excludes halogenated alkanes) is 1. The Labute approximate surface area is 231 Å². The van der Waals surface area contributed by atoms with E-state index in [1.165, 1.54) is 0 Å². The number of hydrogen-bond donors (Lipinski definition) is 3. The molecular formula is C32H39N3O4. The van der Waals surface area contributed by atoms with Gasteiger partial charge in [0.15, 0.2) is 0 Å². The Bertz CT molecular complexity index is 1190. The van der Waals surface area contributed by atoms with Crippen LogP contribution < -0.4 is 10.6 Å². The Kier molecular flexibility index (Phi) is 11.6. The van der Waals surface area contributed by atoms with Crippen LogP contribution in [0.2, 0.25) is 0 Å². The van der Waals surface area contributed by atoms with Gasteiger partial charge in [0.2, 0.25) is 0 Å². The molecule has 0 radical (unpaired) electrons. The van der Waals surface area contributed by atoms with Crippen molar-refractivity contribution in [1.29, 1.82) is 0 Å². The van der Waals surface area contributed by atoms with E-state index in [4.69, 9.17) is 5.11 Å². The maximum Gasteiger partial charge on any atom is 0.322 e. The average molecular weight is 530 g/mol. The molecule has 0 aromatic heterocycles. The molecule has 3 N–H and O–H groups in total. The lowest BCUT2D eigenvalue weighted by molar-refractivity contribution is -0.136. The van der Waals surface area contributed by atoms with E-state index in [-0.39, 0.29) is 24.9 Å². The molecule has 3 aromatic rings. The van der Waals surface area contributed by atoms with E-state index in [0.717, 1.165) is 48.1 Å². The second kappa shape index (κ2) is 15.3. The Balaban J connectivity index is 1.70. The zero-order valence-corrected chi connectivity index (χ0v) is 22.9. The lowest BCUT2D eigenvalue weighted by atomic mass is 9.98. The van der Waals surface area contributed by atoms with Crippen LogP contribution in [0.1, 0.15) is 61.9 Å². The largest absolute Gasteiger partial charge is 0.481 e. The van der Waals surface area contributed by atoms with Gasteiger partial charge >= 0.3 is 12.0 Å². The molecular weight excluding hydrogens is 490 g/mol. The molecule has 0 saturated carbocycles. The predicted octanol–water partition coefficient (Wildman–Crippen LogP) is 6.81. The summed E-state index contributed by atoms with van der Waals surface area (Å²) >= 11 is 0. The van der Waals surface area contributed by atoms with E-state index < -0.39 is 5.97 Å². The van der Waals surface area contributed by atoms with Crippen LogP contribution in [-0.4, -0.2) is 41.0 Å². The van der Waals surface area contributed by atoms with Crippen LogP contribution in [0.25, 0.3) is 11.1 Å². The molecule has 0 saturated heterocycles. The summed E-state index contributed by atoms with van der Waals surface area (Å²) in [5, 5.41) is 14.4. The van der Waals surface area contributed by atoms with Gasteiger partial charge in [-0.3, -0.25) is 9.59 Å². The van der Waals surface area contributed by atoms with Gasteiger partial charge in [0.05, 0.1) is 6.42 Å². The summed E-state index contributed by atoms with van der Waals surface area (Å²) in [6.07, 6.45) is 4.18. The van der Waals surface area contributed by atoms with E-state index in [1.54, 1.807) is 12.1 Å². The predicted molar refractivity (Wildman–Crippen MR) is 156 cm³/mol. The third-order valence-corrected chi connectivity index (χ3v) is 6.77. The number of benzene rings is 3. The van der Waals surface area contributed by atoms with Crippen molar-refractivity contribution in [3.63, 3.8) is 0 Å². The standard InChI is InChI=1S/C32H39N3O4/c1-3-5-9-24(4-2)22-35(23-25-12-14-28(15-13-25)31(38)33-21-20-30(36)37)32(39)34-29-18-16-27(17-19-29)26-10-7-6-8-11-26/h6-8,10-19,24H,3-5,9,20-23H2,1-2H3,(H,33,38)(H,34,39)(H,36,37). The van der Waals surface area contributed by atoms with Crippen molar-refractivity contribution < 1.29 is 19.5 Å². The molecule has 1 atom stereocenters. The van der Waals surface area contributed by atoms with Gasteiger partial charge in [-0.2, -0.15) is 0 Å². The molecule has 39 heavy (non-hydrogen) atoms. The zero-order valence-electron chi connectivity index (χ0n) is 22.9. The van der Waals surface area contributed by atoms with Crippen LogP contribution in [0.5, 0.6) is 0 Å². The van der Waals surface area contributed by atoms with Gasteiger partial charge in [-0.1, -0.05) is 87.7 Å². The first-order valence-electron chi connectivity index (χ1n) is 13.7. The number of carbonyl (C=O) groups excluding carboxylic acids is 2. The molecule has 0 fully saturated rings. The van der Waals surface area contributed by atoms with E-state index in [9.17, 15) is 14.4 Å². The highest BCUT2D eigenvalue weighted by molar-refractivity contribution is 5.94. The third kappa shape index (κ3) is 9.60. The molecule has 0 aliphatic carbocycles. The minimum atomic E-state index is -0.958. The number of carbonyl (C=O) groups is 3. The Hall–Kier alpha value is -4.13. The molecule has 206 valence electrons. The zero-order chi connectivity index (χ0) is 28.0. The van der Waals surface area contributed by atoms with Crippen LogP contribution in [0.3, 0.4) is 0 Å². The first-order valence-corrected chi connectivity index (χ1v) is 13.7. The number of carboxylic acid groups (broad SMARTS) is 1. The fourth-order valence-corrected chi connectivity index (χ4v) is 4.39. The van der Waals surface area contributed by atoms with Crippen molar-refractivity contribution in [2.45, 2.75) is 52.5 Å². The number of amides is 3. The van der Waals surface area contributed by atoms with Gasteiger partial charge in [0.25, 0.3) is 5.91 Å². The van der Waals surface area contributed by atoms with Crippen LogP contribution in [-0.2, 0) is 11.3 Å². The first-order chi connectivity index (χ1) is 18.9. The summed E-state index contributed by atoms with van der Waals surface area (Å²) in [6, 6.07) is 24.9. The smallest absolute Gasteiger partial charge is 0.322 e. The fraction of sp³-hybridized carbons (Fsp3) is 0.344. The summed E-state index contributed by atoms with van der Waals surface area (Å²) in [4.78, 5) is 38.3. The van der Waals surface area contributed by atoms with Crippen LogP contribution in [0.4, 0.5) is 10.5 Å². The Morgan fingerprint density at radius 2 is 1.54 bits per heavy atom. The molecule has 3 amide bonds. The highest BCUT2D eigenvalue weighted by Crippen LogP contribution is 2.22. The van der Waals surface area contributed by atoms with E-state index in [2.05, 4.69) is 36.6 Å². The van der Waals surface area contributed by atoms with Gasteiger partial charge in [-0.15, -0.1) is 0 Å². The number of aliphatic carboxylic acids is 1. The maximum atomic E-state index is 13.4. The maximum absolute atomic E-state index is 13.4. The summed E-state index contributed by atoms with van der Waals surface area (Å²) < 4.78 is 0. The quantitative estimate of drug-likeness (QED) is 0.214. The van der Waals surface area contributed by atoms with Gasteiger partial charge < -0.3 is 20.6 Å². The molecule has 0 spiro atoms. The summed E-state index contributed by atoms with van der Waals surface area (Å²) in [5.41, 5.74) is 4.31. The van der Waals surface area contributed by atoms with Crippen LogP contribution >= 0.6 is 0 Å². The Morgan fingerprint density at radius 3 is 2.15 bits per heavy atom. The van der Waals surface area contributed by atoms with Gasteiger partial charge in [-0.25, -0.2) is 4.79 Å². The van der Waals surface area contributed by atoms with Crippen molar-refractivity contribution in [1.82, 2.24) is 10.2 Å². The normalized spacial score (nSPS) is 11.4. The van der Waals surface area contributed by atoms with Crippen LogP contribution in [0, 0.1) is 5.92 Å². The lowest BCUT2D eigenvalue weighted by Gasteiger charge is -2.28. The molecule has 0 heterocycles. The van der Waals surface area contributed by atoms with E-state index >= 15 is 0 Å². The molecule has 0 bridgehead atoms. The van der Waals surface area contributed by atoms with Gasteiger partial charge in [0.1, 0.15) is 0 Å². The van der Waals surface area contributed by atoms with Crippen molar-refractivity contribution in [3.05, 3.63) is 90.0 Å². The highest BCUT2D eigenvalue weighted by atomic mass is 16.4. The molecule has 7 heteroatoms. The minimum absolute atomic E-state index is 0.0758. The molecule has 3 rings (SSSR count). The fourth-order valence-electron chi connectivity index (χ4n) is 4.39. The number of hydrogen-bond acceptors (Lipinski definition) is 3. The second-order valence-electron chi connectivity index (χ2n) is 9.77. The van der Waals surface area contributed by atoms with Gasteiger partial charge in [0, 0.05) is 30.9 Å². The molecule has 0 aliphatic heterocycles. The number of anilines is 1. The monoisotopic (exact) mass is 529 g/mol. The van der Waals surface area contributed by atoms with E-state index in [1.807, 2.05) is 59.5 Å². The third-order valence-electron chi connectivity index (χ3n) is 6.77. The van der Waals surface area contributed by atoms with Crippen molar-refractivity contribution in [2.75, 3.05) is 18.4 Å². The first kappa shape index (κ1) is 29.4. The average Bonchev–Trinajstić information content (AvgIpc) is 2.95. The Morgan fingerprint density at radius 1 is 0.872 bits per heavy atom. The number of carboxylic acids is 1. The number of urea groups is 1.